The van der Waals surface area contributed by atoms with E-state index in [-0.39, 0.29) is 5.82 Å². The minimum atomic E-state index is -0.150. The van der Waals surface area contributed by atoms with E-state index in [9.17, 15) is 4.39 Å². The van der Waals surface area contributed by atoms with E-state index in [4.69, 9.17) is 4.74 Å². The lowest BCUT2D eigenvalue weighted by molar-refractivity contribution is 0.106. The van der Waals surface area contributed by atoms with Gasteiger partial charge in [-0.2, -0.15) is 0 Å². The van der Waals surface area contributed by atoms with Crippen molar-refractivity contribution in [3.05, 3.63) is 71.5 Å². The lowest BCUT2D eigenvalue weighted by atomic mass is 9.94. The smallest absolute Gasteiger partial charge is 0.123 e. The molecule has 2 rings (SSSR count). The van der Waals surface area contributed by atoms with E-state index in [1.54, 1.807) is 12.1 Å². The predicted molar refractivity (Wildman–Crippen MR) is 84.6 cm³/mol. The molecule has 1 nitrogen and oxygen atoms in total. The van der Waals surface area contributed by atoms with Gasteiger partial charge in [-0.3, -0.25) is 0 Å². The van der Waals surface area contributed by atoms with Crippen LogP contribution in [0.4, 0.5) is 4.39 Å². The zero-order chi connectivity index (χ0) is 14.9. The fraction of sp³-hybridized carbons (Fsp3) is 0.368. The topological polar surface area (TPSA) is 9.23 Å². The summed E-state index contributed by atoms with van der Waals surface area (Å²) in [4.78, 5) is 0. The van der Waals surface area contributed by atoms with E-state index >= 15 is 0 Å². The molecular weight excluding hydrogens is 263 g/mol. The first-order chi connectivity index (χ1) is 10.3. The van der Waals surface area contributed by atoms with Crippen molar-refractivity contribution in [2.75, 3.05) is 6.61 Å². The second-order valence-electron chi connectivity index (χ2n) is 5.44. The highest BCUT2D eigenvalue weighted by Crippen LogP contribution is 2.17. The van der Waals surface area contributed by atoms with E-state index in [1.165, 1.54) is 11.6 Å². The molecule has 0 N–H and O–H groups in total. The average molecular weight is 286 g/mol. The Morgan fingerprint density at radius 3 is 2.48 bits per heavy atom. The molecule has 112 valence electrons. The highest BCUT2D eigenvalue weighted by atomic mass is 19.1. The number of hydrogen-bond acceptors (Lipinski definition) is 1. The second kappa shape index (κ2) is 8.58. The maximum absolute atomic E-state index is 13.2. The maximum Gasteiger partial charge on any atom is 0.123 e. The van der Waals surface area contributed by atoms with Crippen LogP contribution in [0.15, 0.2) is 54.6 Å². The Hall–Kier alpha value is -1.67. The van der Waals surface area contributed by atoms with Crippen LogP contribution in [0.25, 0.3) is 0 Å². The Kier molecular flexibility index (Phi) is 6.42. The van der Waals surface area contributed by atoms with Gasteiger partial charge in [0, 0.05) is 6.61 Å². The van der Waals surface area contributed by atoms with Crippen LogP contribution in [0.3, 0.4) is 0 Å². The van der Waals surface area contributed by atoms with Crippen molar-refractivity contribution in [3.8, 4) is 0 Å². The summed E-state index contributed by atoms with van der Waals surface area (Å²) >= 11 is 0. The molecule has 0 bridgehead atoms. The van der Waals surface area contributed by atoms with Crippen molar-refractivity contribution in [1.29, 1.82) is 0 Å². The lowest BCUT2D eigenvalue weighted by Gasteiger charge is -2.15. The quantitative estimate of drug-likeness (QED) is 0.620. The van der Waals surface area contributed by atoms with Crippen molar-refractivity contribution in [3.63, 3.8) is 0 Å². The van der Waals surface area contributed by atoms with Crippen molar-refractivity contribution < 1.29 is 9.13 Å². The van der Waals surface area contributed by atoms with Gasteiger partial charge in [-0.15, -0.1) is 0 Å². The van der Waals surface area contributed by atoms with Crippen molar-refractivity contribution >= 4 is 0 Å². The van der Waals surface area contributed by atoms with Gasteiger partial charge in [0.15, 0.2) is 0 Å². The number of halogens is 1. The molecule has 0 unspecified atom stereocenters. The molecule has 2 aromatic carbocycles. The number of hydrogen-bond donors (Lipinski definition) is 0. The molecular formula is C19H23FO. The van der Waals surface area contributed by atoms with Crippen LogP contribution in [0.2, 0.25) is 0 Å². The van der Waals surface area contributed by atoms with Gasteiger partial charge in [-0.25, -0.2) is 4.39 Å². The number of benzene rings is 2. The van der Waals surface area contributed by atoms with Crippen LogP contribution in [0.5, 0.6) is 0 Å². The summed E-state index contributed by atoms with van der Waals surface area (Å²) in [7, 11) is 0. The Morgan fingerprint density at radius 2 is 1.76 bits per heavy atom. The van der Waals surface area contributed by atoms with Crippen LogP contribution in [-0.4, -0.2) is 6.61 Å². The Labute approximate surface area is 126 Å². The summed E-state index contributed by atoms with van der Waals surface area (Å²) in [5, 5.41) is 0. The number of ether oxygens (including phenoxy) is 1. The fourth-order valence-corrected chi connectivity index (χ4v) is 2.46. The molecule has 0 radical (unpaired) electrons. The monoisotopic (exact) mass is 286 g/mol. The fourth-order valence-electron chi connectivity index (χ4n) is 2.46. The summed E-state index contributed by atoms with van der Waals surface area (Å²) in [6.07, 6.45) is 3.02. The highest BCUT2D eigenvalue weighted by Gasteiger charge is 2.08. The molecule has 0 aliphatic rings. The van der Waals surface area contributed by atoms with Gasteiger partial charge >= 0.3 is 0 Å². The van der Waals surface area contributed by atoms with E-state index < -0.39 is 0 Å². The summed E-state index contributed by atoms with van der Waals surface area (Å²) < 4.78 is 18.9. The summed E-state index contributed by atoms with van der Waals surface area (Å²) in [6, 6.07) is 17.1. The first-order valence-corrected chi connectivity index (χ1v) is 7.64. The maximum atomic E-state index is 13.2. The van der Waals surface area contributed by atoms with Crippen LogP contribution in [0.1, 0.15) is 30.9 Å². The zero-order valence-electron chi connectivity index (χ0n) is 12.6. The molecule has 21 heavy (non-hydrogen) atoms. The van der Waals surface area contributed by atoms with Gasteiger partial charge in [0.25, 0.3) is 0 Å². The van der Waals surface area contributed by atoms with Crippen molar-refractivity contribution in [2.45, 2.75) is 32.8 Å². The molecule has 0 amide bonds. The SMILES string of the molecule is CC[C@@H](CCOCc1ccccc1)Cc1cccc(F)c1. The Bertz CT molecular complexity index is 524. The largest absolute Gasteiger partial charge is 0.377 e. The highest BCUT2D eigenvalue weighted by molar-refractivity contribution is 5.17. The van der Waals surface area contributed by atoms with Gasteiger partial charge in [0.05, 0.1) is 6.61 Å². The third kappa shape index (κ3) is 5.68. The Balaban J connectivity index is 1.72. The van der Waals surface area contributed by atoms with Crippen LogP contribution >= 0.6 is 0 Å². The molecule has 0 heterocycles. The zero-order valence-corrected chi connectivity index (χ0v) is 12.6. The molecule has 0 aliphatic carbocycles. The minimum Gasteiger partial charge on any atom is -0.377 e. The number of rotatable bonds is 8. The van der Waals surface area contributed by atoms with E-state index in [2.05, 4.69) is 19.1 Å². The third-order valence-corrected chi connectivity index (χ3v) is 3.77. The van der Waals surface area contributed by atoms with Gasteiger partial charge in [0.1, 0.15) is 5.82 Å². The van der Waals surface area contributed by atoms with Crippen LogP contribution in [0, 0.1) is 11.7 Å². The standard InChI is InChI=1S/C19H23FO/c1-2-16(13-18-9-6-10-19(20)14-18)11-12-21-15-17-7-4-3-5-8-17/h3-10,14,16H,2,11-13,15H2,1H3/t16-/m0/s1. The van der Waals surface area contributed by atoms with Gasteiger partial charge < -0.3 is 4.74 Å². The Morgan fingerprint density at radius 1 is 1.00 bits per heavy atom. The van der Waals surface area contributed by atoms with E-state index in [1.807, 2.05) is 24.3 Å². The van der Waals surface area contributed by atoms with Crippen LogP contribution < -0.4 is 0 Å². The van der Waals surface area contributed by atoms with E-state index in [0.717, 1.165) is 31.4 Å². The molecule has 0 saturated heterocycles. The average Bonchev–Trinajstić information content (AvgIpc) is 2.51. The first kappa shape index (κ1) is 15.7. The van der Waals surface area contributed by atoms with Gasteiger partial charge in [-0.05, 0) is 42.0 Å². The molecule has 0 spiro atoms. The first-order valence-electron chi connectivity index (χ1n) is 7.64. The third-order valence-electron chi connectivity index (χ3n) is 3.77. The van der Waals surface area contributed by atoms with Gasteiger partial charge in [-0.1, -0.05) is 55.8 Å². The molecule has 0 fully saturated rings. The molecule has 0 aliphatic heterocycles. The summed E-state index contributed by atoms with van der Waals surface area (Å²) in [5.41, 5.74) is 2.28. The lowest BCUT2D eigenvalue weighted by Crippen LogP contribution is -2.08. The molecule has 1 atom stereocenters. The van der Waals surface area contributed by atoms with E-state index in [0.29, 0.717) is 12.5 Å². The second-order valence-corrected chi connectivity index (χ2v) is 5.44. The minimum absolute atomic E-state index is 0.150. The van der Waals surface area contributed by atoms with Crippen molar-refractivity contribution in [2.24, 2.45) is 5.92 Å². The summed E-state index contributed by atoms with van der Waals surface area (Å²) in [5.74, 6) is 0.394. The van der Waals surface area contributed by atoms with Crippen molar-refractivity contribution in [1.82, 2.24) is 0 Å². The normalized spacial score (nSPS) is 12.3. The van der Waals surface area contributed by atoms with Gasteiger partial charge in [0.2, 0.25) is 0 Å². The van der Waals surface area contributed by atoms with Crippen LogP contribution in [-0.2, 0) is 17.8 Å². The molecule has 2 heteroatoms. The molecule has 0 aromatic heterocycles. The molecule has 0 saturated carbocycles. The predicted octanol–water partition coefficient (Wildman–Crippen LogP) is 5.00. The molecule has 2 aromatic rings. The summed E-state index contributed by atoms with van der Waals surface area (Å²) in [6.45, 7) is 3.60.